The molecule has 5 heterocycles. The number of likely N-dealkylation sites (tertiary alicyclic amines) is 2. The summed E-state index contributed by atoms with van der Waals surface area (Å²) in [6.45, 7) is 8.60. The van der Waals surface area contributed by atoms with E-state index < -0.39 is 24.3 Å². The molecule has 0 spiro atoms. The Morgan fingerprint density at radius 2 is 1.31 bits per heavy atom. The van der Waals surface area contributed by atoms with Crippen LogP contribution in [0.25, 0.3) is 22.1 Å². The normalized spacial score (nSPS) is 22.1. The smallest absolute Gasteiger partial charge is 0.407 e. The van der Waals surface area contributed by atoms with Gasteiger partial charge in [0.05, 0.1) is 53.3 Å². The molecule has 6 atom stereocenters. The number of ether oxygens (including phenoxy) is 1. The lowest BCUT2D eigenvalue weighted by atomic mass is 10.0. The molecule has 2 aromatic heterocycles. The van der Waals surface area contributed by atoms with Gasteiger partial charge in [0.15, 0.2) is 0 Å². The number of aromatic amines is 2. The molecular weight excluding hydrogens is 830 g/mol. The van der Waals surface area contributed by atoms with E-state index in [4.69, 9.17) is 14.7 Å². The van der Waals surface area contributed by atoms with Crippen LogP contribution in [0.1, 0.15) is 137 Å². The number of hydrogen-bond acceptors (Lipinski definition) is 8. The first-order valence-electron chi connectivity index (χ1n) is 23.2. The summed E-state index contributed by atoms with van der Waals surface area (Å²) >= 11 is 0. The number of methoxy groups -OCH3 is 1. The number of rotatable bonds is 12. The Balaban J connectivity index is 1.01. The predicted octanol–water partition coefficient (Wildman–Crippen LogP) is 8.88. The summed E-state index contributed by atoms with van der Waals surface area (Å²) in [5.74, 6) is 0.733. The Labute approximate surface area is 378 Å². The van der Waals surface area contributed by atoms with Crippen molar-refractivity contribution in [3.8, 4) is 0 Å². The van der Waals surface area contributed by atoms with E-state index >= 15 is 4.39 Å². The van der Waals surface area contributed by atoms with Crippen molar-refractivity contribution < 1.29 is 33.4 Å². The molecule has 1 aliphatic carbocycles. The highest BCUT2D eigenvalue weighted by Gasteiger charge is 2.42. The maximum absolute atomic E-state index is 15.9. The van der Waals surface area contributed by atoms with Crippen LogP contribution in [-0.4, -0.2) is 103 Å². The molecule has 0 unspecified atom stereocenters. The Hall–Kier alpha value is -6.19. The molecule has 0 bridgehead atoms. The van der Waals surface area contributed by atoms with Gasteiger partial charge in [-0.05, 0) is 122 Å². The Bertz CT molecular complexity index is 2620. The summed E-state index contributed by atoms with van der Waals surface area (Å²) in [6.07, 6.45) is 4.88. The van der Waals surface area contributed by atoms with E-state index in [1.807, 2.05) is 50.8 Å². The van der Waals surface area contributed by atoms with E-state index in [9.17, 15) is 24.3 Å². The van der Waals surface area contributed by atoms with Gasteiger partial charge in [0.25, 0.3) is 0 Å². The monoisotopic (exact) mass is 889 g/mol. The van der Waals surface area contributed by atoms with E-state index in [2.05, 4.69) is 50.5 Å². The molecule has 3 aliphatic heterocycles. The molecule has 9 rings (SSSR count). The molecule has 0 radical (unpaired) electrons. The van der Waals surface area contributed by atoms with Crippen LogP contribution in [0.2, 0.25) is 0 Å². The second-order valence-electron chi connectivity index (χ2n) is 19.1. The summed E-state index contributed by atoms with van der Waals surface area (Å²) in [5.41, 5.74) is 6.91. The zero-order chi connectivity index (χ0) is 45.8. The number of hydrogen-bond donors (Lipinski definition) is 4. The number of likely N-dealkylation sites (N-methyl/N-ethyl adjacent to an activating group) is 1. The Morgan fingerprint density at radius 1 is 0.754 bits per heavy atom. The highest BCUT2D eigenvalue weighted by atomic mass is 19.1. The van der Waals surface area contributed by atoms with E-state index in [1.54, 1.807) is 11.0 Å². The number of imidazole rings is 2. The molecule has 4 fully saturated rings. The molecule has 65 heavy (non-hydrogen) atoms. The second kappa shape index (κ2) is 17.7. The number of carboxylic acid groups (broad SMARTS) is 1. The number of carbonyl (C=O) groups is 4. The molecule has 16 heteroatoms. The van der Waals surface area contributed by atoms with Gasteiger partial charge in [-0.3, -0.25) is 14.5 Å². The number of alkyl carbamates (subject to hydrolysis) is 1. The molecule has 3 saturated heterocycles. The zero-order valence-electron chi connectivity index (χ0n) is 38.0. The minimum absolute atomic E-state index is 0.0992. The van der Waals surface area contributed by atoms with Crippen LogP contribution < -0.4 is 10.2 Å². The van der Waals surface area contributed by atoms with Crippen LogP contribution in [0, 0.1) is 17.7 Å². The van der Waals surface area contributed by atoms with E-state index in [0.717, 1.165) is 94.3 Å². The topological polar surface area (TPSA) is 180 Å². The summed E-state index contributed by atoms with van der Waals surface area (Å²) in [6, 6.07) is 15.9. The number of nitrogens with zero attached hydrogens (tertiary/aromatic N) is 6. The Morgan fingerprint density at radius 3 is 1.78 bits per heavy atom. The van der Waals surface area contributed by atoms with Gasteiger partial charge >= 0.3 is 12.2 Å². The summed E-state index contributed by atoms with van der Waals surface area (Å²) < 4.78 is 20.7. The van der Waals surface area contributed by atoms with Crippen molar-refractivity contribution in [3.05, 3.63) is 88.8 Å². The fraction of sp³-hybridized carbons (Fsp3) is 0.510. The highest BCUT2D eigenvalue weighted by Crippen LogP contribution is 2.49. The van der Waals surface area contributed by atoms with Crippen LogP contribution in [-0.2, 0) is 14.3 Å². The minimum Gasteiger partial charge on any atom is -0.465 e. The van der Waals surface area contributed by atoms with Gasteiger partial charge in [0, 0.05) is 25.8 Å². The third-order valence-electron chi connectivity index (χ3n) is 14.2. The predicted molar refractivity (Wildman–Crippen MR) is 244 cm³/mol. The summed E-state index contributed by atoms with van der Waals surface area (Å²) in [4.78, 5) is 76.0. The fourth-order valence-corrected chi connectivity index (χ4v) is 10.7. The average Bonchev–Trinajstić information content (AvgIpc) is 3.83. The van der Waals surface area contributed by atoms with Gasteiger partial charge in [-0.1, -0.05) is 45.9 Å². The van der Waals surface area contributed by atoms with E-state index in [0.29, 0.717) is 31.2 Å². The van der Waals surface area contributed by atoms with Crippen molar-refractivity contribution in [1.29, 1.82) is 0 Å². The number of halogens is 1. The van der Waals surface area contributed by atoms with E-state index in [1.165, 1.54) is 14.2 Å². The van der Waals surface area contributed by atoms with Crippen molar-refractivity contribution in [1.82, 2.24) is 40.0 Å². The molecule has 4 N–H and O–H groups in total. The quantitative estimate of drug-likeness (QED) is 0.0952. The lowest BCUT2D eigenvalue weighted by Gasteiger charge is -2.33. The zero-order valence-corrected chi connectivity index (χ0v) is 38.0. The maximum atomic E-state index is 15.9. The number of anilines is 1. The van der Waals surface area contributed by atoms with Gasteiger partial charge < -0.3 is 39.8 Å². The van der Waals surface area contributed by atoms with Crippen LogP contribution in [0.5, 0.6) is 0 Å². The van der Waals surface area contributed by atoms with Crippen molar-refractivity contribution in [2.24, 2.45) is 11.8 Å². The van der Waals surface area contributed by atoms with Gasteiger partial charge in [0.2, 0.25) is 11.8 Å². The van der Waals surface area contributed by atoms with E-state index in [-0.39, 0.29) is 59.6 Å². The minimum atomic E-state index is -1.14. The lowest BCUT2D eigenvalue weighted by molar-refractivity contribution is -0.138. The third kappa shape index (κ3) is 8.35. The number of amides is 4. The largest absolute Gasteiger partial charge is 0.465 e. The molecule has 4 amide bonds. The number of carbonyl (C=O) groups excluding carboxylic acids is 3. The van der Waals surface area contributed by atoms with Crippen LogP contribution >= 0.6 is 0 Å². The Kier molecular flexibility index (Phi) is 12.0. The number of H-pyrrole nitrogens is 2. The average molecular weight is 890 g/mol. The first kappa shape index (κ1) is 44.0. The van der Waals surface area contributed by atoms with Crippen molar-refractivity contribution in [2.45, 2.75) is 121 Å². The second-order valence-corrected chi connectivity index (χ2v) is 19.1. The molecule has 1 saturated carbocycles. The van der Waals surface area contributed by atoms with Crippen LogP contribution in [0.4, 0.5) is 19.7 Å². The van der Waals surface area contributed by atoms with Gasteiger partial charge in [0.1, 0.15) is 29.5 Å². The summed E-state index contributed by atoms with van der Waals surface area (Å²) in [7, 11) is 2.74. The van der Waals surface area contributed by atoms with Crippen LogP contribution in [0.3, 0.4) is 0 Å². The number of aromatic nitrogens is 4. The molecule has 15 nitrogen and oxygen atoms in total. The standard InChI is InChI=1S/C49H60FN9O6/c1-26(2)42(55-48(62)65-6)46(60)57-21-7-9-40(57)44-51-34-17-13-29(23-36(34)53-44)38-19-20-39(59(38)31-15-16-32(28-11-12-28)33(50)25-31)30-14-18-35-37(24-30)54-45(52-35)41-10-8-22-58(41)47(61)43(27(3)4)56(5)49(63)64/h13-18,23-28,38-43H,7-12,19-22H2,1-6H3,(H,51,53)(H,52,54)(H,55,62)(H,63,64)/t38-,39-,40+,41+,42+,43+/m1/s1. The highest BCUT2D eigenvalue weighted by molar-refractivity contribution is 5.87. The number of fused-ring (bicyclic) bond motifs is 2. The van der Waals surface area contributed by atoms with Gasteiger partial charge in [-0.15, -0.1) is 0 Å². The first-order chi connectivity index (χ1) is 31.2. The van der Waals surface area contributed by atoms with Crippen LogP contribution in [0.15, 0.2) is 54.6 Å². The molecule has 5 aromatic rings. The molecule has 4 aliphatic rings. The maximum Gasteiger partial charge on any atom is 0.407 e. The fourth-order valence-electron chi connectivity index (χ4n) is 10.7. The molecule has 344 valence electrons. The number of nitrogens with one attached hydrogen (secondary N) is 3. The van der Waals surface area contributed by atoms with Crippen molar-refractivity contribution in [3.63, 3.8) is 0 Å². The number of benzene rings is 3. The SMILES string of the molecule is COC(=O)N[C@H](C(=O)N1CCC[C@H]1c1nc2cc([C@H]3CC[C@H](c4ccc5[nH]c([C@@H]6CCCN6C(=O)[C@H](C(C)C)N(C)C(=O)O)nc5c4)N3c3ccc(C4CC4)c(F)c3)ccc2[nH]1)C(C)C. The summed E-state index contributed by atoms with van der Waals surface area (Å²) in [5, 5.41) is 12.5. The van der Waals surface area contributed by atoms with Crippen molar-refractivity contribution >= 4 is 51.8 Å². The third-order valence-corrected chi connectivity index (χ3v) is 14.2. The first-order valence-corrected chi connectivity index (χ1v) is 23.2. The van der Waals surface area contributed by atoms with Gasteiger partial charge in [-0.25, -0.2) is 23.9 Å². The molecule has 3 aromatic carbocycles. The lowest BCUT2D eigenvalue weighted by Crippen LogP contribution is -2.51. The van der Waals surface area contributed by atoms with Crippen molar-refractivity contribution in [2.75, 3.05) is 32.1 Å². The molecular formula is C49H60FN9O6. The van der Waals surface area contributed by atoms with Gasteiger partial charge in [-0.2, -0.15) is 0 Å².